The lowest BCUT2D eigenvalue weighted by Crippen LogP contribution is -2.17. The molecule has 1 aromatic heterocycles. The maximum absolute atomic E-state index is 13.0. The Morgan fingerprint density at radius 3 is 2.25 bits per heavy atom. The van der Waals surface area contributed by atoms with E-state index >= 15 is 0 Å². The predicted molar refractivity (Wildman–Crippen MR) is 91.3 cm³/mol. The first kappa shape index (κ1) is 18.9. The number of nitrogens with one attached hydrogen (secondary N) is 1. The van der Waals surface area contributed by atoms with Crippen LogP contribution in [0.25, 0.3) is 11.3 Å². The Kier molecular flexibility index (Phi) is 6.77. The molecule has 0 aliphatic heterocycles. The normalized spacial score (nSPS) is 11.6. The van der Waals surface area contributed by atoms with Crippen LogP contribution in [-0.4, -0.2) is 40.1 Å². The lowest BCUT2D eigenvalue weighted by atomic mass is 10.1. The van der Waals surface area contributed by atoms with Gasteiger partial charge >= 0.3 is 13.3 Å². The highest BCUT2D eigenvalue weighted by molar-refractivity contribution is 7.62. The third kappa shape index (κ3) is 4.15. The van der Waals surface area contributed by atoms with Crippen molar-refractivity contribution in [1.29, 1.82) is 0 Å². The second-order valence-electron chi connectivity index (χ2n) is 4.43. The van der Waals surface area contributed by atoms with Gasteiger partial charge in [-0.2, -0.15) is 5.10 Å². The minimum absolute atomic E-state index is 0.0415. The van der Waals surface area contributed by atoms with Crippen LogP contribution in [0, 0.1) is 10.1 Å². The Bertz CT molecular complexity index is 728. The van der Waals surface area contributed by atoms with E-state index in [1.54, 1.807) is 30.3 Å². The van der Waals surface area contributed by atoms with Crippen LogP contribution in [0.3, 0.4) is 0 Å². The van der Waals surface area contributed by atoms with Crippen molar-refractivity contribution in [2.24, 2.45) is 0 Å². The van der Waals surface area contributed by atoms with Crippen LogP contribution in [0.1, 0.15) is 0 Å². The fourth-order valence-electron chi connectivity index (χ4n) is 1.96. The Hall–Kier alpha value is -1.44. The Labute approximate surface area is 147 Å². The Morgan fingerprint density at radius 2 is 1.75 bits per heavy atom. The highest BCUT2D eigenvalue weighted by Gasteiger charge is 2.40. The van der Waals surface area contributed by atoms with Crippen LogP contribution in [0.15, 0.2) is 30.3 Å². The molecule has 0 spiro atoms. The summed E-state index contributed by atoms with van der Waals surface area (Å²) in [5, 5.41) is 17.9. The fourth-order valence-corrected chi connectivity index (χ4v) is 3.95. The van der Waals surface area contributed by atoms with Crippen molar-refractivity contribution in [3.8, 4) is 11.3 Å². The molecule has 1 aromatic carbocycles. The molecule has 0 saturated heterocycles. The molecule has 0 radical (unpaired) electrons. The van der Waals surface area contributed by atoms with E-state index in [-0.39, 0.29) is 36.1 Å². The maximum atomic E-state index is 13.0. The minimum atomic E-state index is -4.02. The van der Waals surface area contributed by atoms with Crippen molar-refractivity contribution in [2.75, 3.05) is 25.0 Å². The van der Waals surface area contributed by atoms with Gasteiger partial charge in [-0.1, -0.05) is 30.3 Å². The van der Waals surface area contributed by atoms with Crippen molar-refractivity contribution >= 4 is 41.9 Å². The minimum Gasteiger partial charge on any atom is -0.303 e. The number of aromatic nitrogens is 2. The molecule has 0 aliphatic rings. The summed E-state index contributed by atoms with van der Waals surface area (Å²) in [6, 6.07) is 8.48. The number of nitrogens with zero attached hydrogens (tertiary/aromatic N) is 2. The van der Waals surface area contributed by atoms with Gasteiger partial charge in [-0.3, -0.25) is 19.8 Å². The van der Waals surface area contributed by atoms with Gasteiger partial charge in [0.05, 0.1) is 18.1 Å². The molecule has 0 atom stereocenters. The second-order valence-corrected chi connectivity index (χ2v) is 7.15. The summed E-state index contributed by atoms with van der Waals surface area (Å²) >= 11 is 11.1. The van der Waals surface area contributed by atoms with Crippen molar-refractivity contribution in [1.82, 2.24) is 10.2 Å². The van der Waals surface area contributed by atoms with E-state index in [4.69, 9.17) is 32.2 Å². The van der Waals surface area contributed by atoms with Gasteiger partial charge in [0.1, 0.15) is 0 Å². The maximum Gasteiger partial charge on any atom is 0.386 e. The summed E-state index contributed by atoms with van der Waals surface area (Å²) in [6.45, 7) is -0.226. The molecule has 1 N–H and O–H groups in total. The zero-order valence-electron chi connectivity index (χ0n) is 12.4. The van der Waals surface area contributed by atoms with E-state index in [1.807, 2.05) is 0 Å². The third-order valence-electron chi connectivity index (χ3n) is 2.90. The lowest BCUT2D eigenvalue weighted by Gasteiger charge is -2.15. The first-order valence-electron chi connectivity index (χ1n) is 6.83. The van der Waals surface area contributed by atoms with Crippen LogP contribution in [0.4, 0.5) is 5.69 Å². The SMILES string of the molecule is O=[N+]([O-])c1c(-c2ccccc2)n[nH]c1P(=O)(OCCCl)OCCCl. The molecule has 0 bridgehead atoms. The van der Waals surface area contributed by atoms with Gasteiger partial charge < -0.3 is 9.05 Å². The van der Waals surface area contributed by atoms with Crippen molar-refractivity contribution in [3.05, 3.63) is 40.4 Å². The highest BCUT2D eigenvalue weighted by Crippen LogP contribution is 2.50. The molecule has 130 valence electrons. The molecule has 0 fully saturated rings. The van der Waals surface area contributed by atoms with E-state index in [9.17, 15) is 14.7 Å². The molecular weight excluding hydrogens is 380 g/mol. The number of alkyl halides is 2. The van der Waals surface area contributed by atoms with Crippen LogP contribution >= 0.6 is 30.8 Å². The predicted octanol–water partition coefficient (Wildman–Crippen LogP) is 3.31. The number of nitro groups is 1. The van der Waals surface area contributed by atoms with Crippen molar-refractivity contribution in [2.45, 2.75) is 0 Å². The molecular formula is C13H14Cl2N3O5P. The first-order chi connectivity index (χ1) is 11.5. The summed E-state index contributed by atoms with van der Waals surface area (Å²) in [6.07, 6.45) is 0. The number of hydrogen-bond acceptors (Lipinski definition) is 6. The summed E-state index contributed by atoms with van der Waals surface area (Å²) in [4.78, 5) is 10.9. The number of H-pyrrole nitrogens is 1. The molecule has 11 heteroatoms. The largest absolute Gasteiger partial charge is 0.386 e. The van der Waals surface area contributed by atoms with Gasteiger partial charge in [-0.05, 0) is 0 Å². The van der Waals surface area contributed by atoms with Crippen LogP contribution in [0.5, 0.6) is 0 Å². The Balaban J connectivity index is 2.53. The molecule has 0 saturated carbocycles. The lowest BCUT2D eigenvalue weighted by molar-refractivity contribution is -0.383. The average Bonchev–Trinajstić information content (AvgIpc) is 3.05. The second kappa shape index (κ2) is 8.60. The number of aromatic amines is 1. The van der Waals surface area contributed by atoms with E-state index in [1.165, 1.54) is 0 Å². The van der Waals surface area contributed by atoms with E-state index in [2.05, 4.69) is 10.2 Å². The average molecular weight is 394 g/mol. The first-order valence-corrected chi connectivity index (χ1v) is 9.44. The van der Waals surface area contributed by atoms with Gasteiger partial charge in [0.2, 0.25) is 5.44 Å². The quantitative estimate of drug-likeness (QED) is 0.303. The Morgan fingerprint density at radius 1 is 1.17 bits per heavy atom. The van der Waals surface area contributed by atoms with Gasteiger partial charge in [-0.15, -0.1) is 23.2 Å². The fraction of sp³-hybridized carbons (Fsp3) is 0.308. The summed E-state index contributed by atoms with van der Waals surface area (Å²) in [5.74, 6) is 0.0867. The molecule has 0 unspecified atom stereocenters. The molecule has 1 heterocycles. The molecule has 24 heavy (non-hydrogen) atoms. The smallest absolute Gasteiger partial charge is 0.303 e. The van der Waals surface area contributed by atoms with Crippen molar-refractivity contribution in [3.63, 3.8) is 0 Å². The number of rotatable bonds is 9. The topological polar surface area (TPSA) is 107 Å². The van der Waals surface area contributed by atoms with Gasteiger partial charge in [0.15, 0.2) is 5.69 Å². The third-order valence-corrected chi connectivity index (χ3v) is 5.12. The van der Waals surface area contributed by atoms with E-state index in [0.29, 0.717) is 5.56 Å². The molecule has 2 rings (SSSR count). The number of hydrogen-bond donors (Lipinski definition) is 1. The summed E-state index contributed by atoms with van der Waals surface area (Å²) < 4.78 is 23.3. The highest BCUT2D eigenvalue weighted by atomic mass is 35.5. The van der Waals surface area contributed by atoms with E-state index < -0.39 is 18.2 Å². The standard InChI is InChI=1S/C13H14Cl2N3O5P/c14-6-8-22-24(21,23-9-7-15)13-12(18(19)20)11(16-17-13)10-4-2-1-3-5-10/h1-5H,6-9H2,(H,16,17). The molecule has 0 amide bonds. The molecule has 2 aromatic rings. The molecule has 8 nitrogen and oxygen atoms in total. The van der Waals surface area contributed by atoms with Gasteiger partial charge in [-0.25, -0.2) is 0 Å². The summed E-state index contributed by atoms with van der Waals surface area (Å²) in [5.41, 5.74) is -0.261. The molecule has 0 aliphatic carbocycles. The van der Waals surface area contributed by atoms with E-state index in [0.717, 1.165) is 0 Å². The zero-order chi connectivity index (χ0) is 17.6. The van der Waals surface area contributed by atoms with Crippen LogP contribution in [-0.2, 0) is 13.6 Å². The number of benzene rings is 1. The number of halogens is 2. The summed E-state index contributed by atoms with van der Waals surface area (Å²) in [7, 11) is -4.02. The van der Waals surface area contributed by atoms with Gasteiger partial charge in [0, 0.05) is 17.3 Å². The van der Waals surface area contributed by atoms with Crippen LogP contribution < -0.4 is 5.44 Å². The van der Waals surface area contributed by atoms with Crippen molar-refractivity contribution < 1.29 is 18.5 Å². The van der Waals surface area contributed by atoms with Crippen LogP contribution in [0.2, 0.25) is 0 Å². The van der Waals surface area contributed by atoms with Gasteiger partial charge in [0.25, 0.3) is 0 Å². The monoisotopic (exact) mass is 393 g/mol. The zero-order valence-corrected chi connectivity index (χ0v) is 14.8.